The highest BCUT2D eigenvalue weighted by Crippen LogP contribution is 2.22. The first-order valence-corrected chi connectivity index (χ1v) is 7.78. The number of imidazole rings is 1. The third-order valence-corrected chi connectivity index (χ3v) is 4.04. The van der Waals surface area contributed by atoms with Gasteiger partial charge in [-0.1, -0.05) is 18.2 Å². The number of non-ortho nitro benzene ring substituents is 1. The molecular formula is C19H14N4O3. The number of aryl methyl sites for hydroxylation is 1. The molecule has 0 saturated heterocycles. The molecule has 0 radical (unpaired) electrons. The molecule has 0 fully saturated rings. The van der Waals surface area contributed by atoms with E-state index < -0.39 is 16.6 Å². The van der Waals surface area contributed by atoms with E-state index in [1.165, 1.54) is 24.3 Å². The van der Waals surface area contributed by atoms with Crippen LogP contribution < -0.4 is 0 Å². The first-order valence-electron chi connectivity index (χ1n) is 7.78. The highest BCUT2D eigenvalue weighted by Gasteiger charge is 2.23. The van der Waals surface area contributed by atoms with Crippen molar-refractivity contribution in [2.24, 2.45) is 7.05 Å². The molecule has 7 heteroatoms. The Labute approximate surface area is 149 Å². The Morgan fingerprint density at radius 1 is 1.27 bits per heavy atom. The van der Waals surface area contributed by atoms with Crippen LogP contribution in [0.1, 0.15) is 17.3 Å². The standard InChI is InChI=1S/C19H14N4O3/c1-22-17-5-3-2-4-16(17)21-19(22)15(12-20)18(24)11-8-13-6-9-14(10-7-13)23(25)26/h2-11,15H,1H3/b11-8+. The van der Waals surface area contributed by atoms with E-state index >= 15 is 0 Å². The summed E-state index contributed by atoms with van der Waals surface area (Å²) in [5, 5.41) is 20.1. The molecule has 1 aromatic heterocycles. The molecule has 0 saturated carbocycles. The predicted octanol–water partition coefficient (Wildman–Crippen LogP) is 3.37. The van der Waals surface area contributed by atoms with E-state index in [-0.39, 0.29) is 5.69 Å². The molecule has 0 N–H and O–H groups in total. The Bertz CT molecular complexity index is 1060. The van der Waals surface area contributed by atoms with Gasteiger partial charge in [-0.2, -0.15) is 5.26 Å². The summed E-state index contributed by atoms with van der Waals surface area (Å²) in [4.78, 5) is 27.0. The van der Waals surface area contributed by atoms with Gasteiger partial charge in [-0.05, 0) is 35.9 Å². The second kappa shape index (κ2) is 6.99. The van der Waals surface area contributed by atoms with E-state index in [2.05, 4.69) is 4.98 Å². The Hall–Kier alpha value is -3.79. The molecule has 1 atom stereocenters. The van der Waals surface area contributed by atoms with Gasteiger partial charge in [0.25, 0.3) is 5.69 Å². The Morgan fingerprint density at radius 3 is 2.58 bits per heavy atom. The molecule has 0 aliphatic carbocycles. The van der Waals surface area contributed by atoms with Gasteiger partial charge in [-0.15, -0.1) is 0 Å². The number of allylic oxidation sites excluding steroid dienone is 1. The number of nitriles is 1. The molecule has 0 aliphatic rings. The number of fused-ring (bicyclic) bond motifs is 1. The van der Waals surface area contributed by atoms with Gasteiger partial charge in [0.2, 0.25) is 0 Å². The van der Waals surface area contributed by atoms with Crippen LogP contribution in [0.4, 0.5) is 5.69 Å². The van der Waals surface area contributed by atoms with Crippen LogP contribution in [0.5, 0.6) is 0 Å². The summed E-state index contributed by atoms with van der Waals surface area (Å²) in [5.74, 6) is -1.04. The minimum Gasteiger partial charge on any atom is -0.330 e. The minimum absolute atomic E-state index is 0.0249. The zero-order chi connectivity index (χ0) is 18.7. The van der Waals surface area contributed by atoms with Crippen molar-refractivity contribution in [2.45, 2.75) is 5.92 Å². The van der Waals surface area contributed by atoms with Gasteiger partial charge in [0, 0.05) is 19.2 Å². The van der Waals surface area contributed by atoms with Crippen molar-refractivity contribution in [2.75, 3.05) is 0 Å². The number of hydrogen-bond acceptors (Lipinski definition) is 5. The Balaban J connectivity index is 1.85. The van der Waals surface area contributed by atoms with Crippen molar-refractivity contribution in [1.29, 1.82) is 5.26 Å². The van der Waals surface area contributed by atoms with Crippen molar-refractivity contribution < 1.29 is 9.72 Å². The van der Waals surface area contributed by atoms with Gasteiger partial charge < -0.3 is 4.57 Å². The molecule has 2 aromatic carbocycles. The van der Waals surface area contributed by atoms with Gasteiger partial charge in [0.15, 0.2) is 11.7 Å². The van der Waals surface area contributed by atoms with Crippen LogP contribution in [0.2, 0.25) is 0 Å². The largest absolute Gasteiger partial charge is 0.330 e. The fraction of sp³-hybridized carbons (Fsp3) is 0.105. The maximum absolute atomic E-state index is 12.5. The molecule has 0 amide bonds. The number of nitrogens with zero attached hydrogens (tertiary/aromatic N) is 4. The first kappa shape index (κ1) is 17.0. The fourth-order valence-electron chi connectivity index (χ4n) is 2.65. The molecular weight excluding hydrogens is 332 g/mol. The Kier molecular flexibility index (Phi) is 4.58. The number of para-hydroxylation sites is 2. The number of nitro groups is 1. The van der Waals surface area contributed by atoms with E-state index in [1.54, 1.807) is 23.7 Å². The molecule has 0 bridgehead atoms. The summed E-state index contributed by atoms with van der Waals surface area (Å²) < 4.78 is 1.74. The fourth-order valence-corrected chi connectivity index (χ4v) is 2.65. The molecule has 128 valence electrons. The Morgan fingerprint density at radius 2 is 1.96 bits per heavy atom. The third-order valence-electron chi connectivity index (χ3n) is 4.04. The number of aromatic nitrogens is 2. The van der Waals surface area contributed by atoms with E-state index in [0.29, 0.717) is 11.4 Å². The molecule has 1 heterocycles. The summed E-state index contributed by atoms with van der Waals surface area (Å²) in [6.07, 6.45) is 2.83. The van der Waals surface area contributed by atoms with Crippen LogP contribution in [0, 0.1) is 21.4 Å². The van der Waals surface area contributed by atoms with Crippen LogP contribution >= 0.6 is 0 Å². The van der Waals surface area contributed by atoms with Crippen molar-refractivity contribution in [3.8, 4) is 6.07 Å². The summed E-state index contributed by atoms with van der Waals surface area (Å²) in [6.45, 7) is 0. The second-order valence-electron chi connectivity index (χ2n) is 5.66. The highest BCUT2D eigenvalue weighted by molar-refractivity contribution is 6.00. The average Bonchev–Trinajstić information content (AvgIpc) is 2.98. The minimum atomic E-state index is -1.03. The lowest BCUT2D eigenvalue weighted by Crippen LogP contribution is -2.13. The van der Waals surface area contributed by atoms with Crippen molar-refractivity contribution in [3.63, 3.8) is 0 Å². The van der Waals surface area contributed by atoms with Gasteiger partial charge in [-0.3, -0.25) is 14.9 Å². The van der Waals surface area contributed by atoms with Crippen LogP contribution in [-0.2, 0) is 11.8 Å². The van der Waals surface area contributed by atoms with Gasteiger partial charge in [-0.25, -0.2) is 4.98 Å². The highest BCUT2D eigenvalue weighted by atomic mass is 16.6. The number of carbonyl (C=O) groups is 1. The lowest BCUT2D eigenvalue weighted by atomic mass is 10.0. The summed E-state index contributed by atoms with van der Waals surface area (Å²) in [7, 11) is 1.77. The summed E-state index contributed by atoms with van der Waals surface area (Å²) in [6, 6.07) is 15.2. The van der Waals surface area contributed by atoms with E-state index in [4.69, 9.17) is 0 Å². The normalized spacial score (nSPS) is 12.2. The molecule has 26 heavy (non-hydrogen) atoms. The molecule has 7 nitrogen and oxygen atoms in total. The van der Waals surface area contributed by atoms with E-state index in [0.717, 1.165) is 11.0 Å². The topological polar surface area (TPSA) is 102 Å². The number of hydrogen-bond donors (Lipinski definition) is 0. The zero-order valence-electron chi connectivity index (χ0n) is 13.9. The summed E-state index contributed by atoms with van der Waals surface area (Å²) >= 11 is 0. The molecule has 3 rings (SSSR count). The van der Waals surface area contributed by atoms with Crippen molar-refractivity contribution in [3.05, 3.63) is 76.1 Å². The van der Waals surface area contributed by atoms with Crippen molar-refractivity contribution in [1.82, 2.24) is 9.55 Å². The summed E-state index contributed by atoms with van der Waals surface area (Å²) in [5.41, 5.74) is 2.17. The molecule has 0 aliphatic heterocycles. The van der Waals surface area contributed by atoms with Crippen LogP contribution in [0.3, 0.4) is 0 Å². The van der Waals surface area contributed by atoms with Crippen LogP contribution in [0.25, 0.3) is 17.1 Å². The van der Waals surface area contributed by atoms with E-state index in [1.807, 2.05) is 30.3 Å². The van der Waals surface area contributed by atoms with Crippen LogP contribution in [0.15, 0.2) is 54.6 Å². The molecule has 1 unspecified atom stereocenters. The number of nitro benzene ring substituents is 1. The van der Waals surface area contributed by atoms with Gasteiger partial charge in [0.05, 0.1) is 22.0 Å². The second-order valence-corrected chi connectivity index (χ2v) is 5.66. The molecule has 3 aromatic rings. The number of benzene rings is 2. The number of ketones is 1. The van der Waals surface area contributed by atoms with E-state index in [9.17, 15) is 20.2 Å². The lowest BCUT2D eigenvalue weighted by molar-refractivity contribution is -0.384. The zero-order valence-corrected chi connectivity index (χ0v) is 13.9. The smallest absolute Gasteiger partial charge is 0.269 e. The maximum Gasteiger partial charge on any atom is 0.269 e. The lowest BCUT2D eigenvalue weighted by Gasteiger charge is -2.06. The average molecular weight is 346 g/mol. The van der Waals surface area contributed by atoms with Gasteiger partial charge >= 0.3 is 0 Å². The molecule has 0 spiro atoms. The number of carbonyl (C=O) groups excluding carboxylic acids is 1. The predicted molar refractivity (Wildman–Crippen MR) is 96.2 cm³/mol. The SMILES string of the molecule is Cn1c(C(C#N)C(=O)/C=C/c2ccc([N+](=O)[O-])cc2)nc2ccccc21. The van der Waals surface area contributed by atoms with Crippen LogP contribution in [-0.4, -0.2) is 20.3 Å². The van der Waals surface area contributed by atoms with Gasteiger partial charge in [0.1, 0.15) is 5.82 Å². The number of rotatable bonds is 5. The first-order chi connectivity index (χ1) is 12.5. The quantitative estimate of drug-likeness (QED) is 0.400. The maximum atomic E-state index is 12.5. The van der Waals surface area contributed by atoms with Crippen molar-refractivity contribution >= 4 is 28.6 Å². The monoisotopic (exact) mass is 346 g/mol. The third kappa shape index (κ3) is 3.21.